The molecule has 1 aliphatic rings. The molecule has 1 aliphatic heterocycles. The van der Waals surface area contributed by atoms with Crippen molar-refractivity contribution in [3.05, 3.63) is 119 Å². The Bertz CT molecular complexity index is 1910. The van der Waals surface area contributed by atoms with E-state index in [9.17, 15) is 10.2 Å². The van der Waals surface area contributed by atoms with Gasteiger partial charge in [0, 0.05) is 37.4 Å². The molecule has 0 bridgehead atoms. The summed E-state index contributed by atoms with van der Waals surface area (Å²) < 4.78 is 16.7. The summed E-state index contributed by atoms with van der Waals surface area (Å²) in [5, 5.41) is 20.3. The highest BCUT2D eigenvalue weighted by Crippen LogP contribution is 2.40. The number of ether oxygens (including phenoxy) is 3. The lowest BCUT2D eigenvalue weighted by Gasteiger charge is -2.39. The number of rotatable bonds is 14. The first-order valence-corrected chi connectivity index (χ1v) is 19.8. The molecule has 55 heavy (non-hydrogen) atoms. The number of phenols is 2. The predicted molar refractivity (Wildman–Crippen MR) is 225 cm³/mol. The van der Waals surface area contributed by atoms with E-state index in [4.69, 9.17) is 14.2 Å². The van der Waals surface area contributed by atoms with Crippen LogP contribution in [0.2, 0.25) is 0 Å². The first-order chi connectivity index (χ1) is 26.9. The molecular weight excluding hydrogens is 687 g/mol. The Morgan fingerprint density at radius 1 is 0.691 bits per heavy atom. The van der Waals surface area contributed by atoms with Gasteiger partial charge in [0.25, 0.3) is 0 Å². The quantitative estimate of drug-likeness (QED) is 0.109. The van der Waals surface area contributed by atoms with Gasteiger partial charge in [-0.15, -0.1) is 0 Å². The minimum Gasteiger partial charge on any atom is -0.504 e. The number of piperidine rings is 1. The minimum atomic E-state index is -0.270. The van der Waals surface area contributed by atoms with E-state index in [1.54, 1.807) is 26.5 Å². The SMILES string of the molecule is CC.CC.CCCc1cc(-c2cccc(CN(Cc3ccccc3)C3CCN(Cc4ccnc(-c5cc(O)c(O)c(OC)c5)c4)CC3)c2)cc(OC)c1OC. The second-order valence-electron chi connectivity index (χ2n) is 13.3. The molecule has 0 aliphatic carbocycles. The number of hydrogen-bond acceptors (Lipinski definition) is 8. The Kier molecular flexibility index (Phi) is 16.9. The van der Waals surface area contributed by atoms with E-state index in [2.05, 4.69) is 94.5 Å². The first-order valence-electron chi connectivity index (χ1n) is 19.8. The van der Waals surface area contributed by atoms with Gasteiger partial charge in [-0.3, -0.25) is 14.8 Å². The Morgan fingerprint density at radius 3 is 2.04 bits per heavy atom. The summed E-state index contributed by atoms with van der Waals surface area (Å²) >= 11 is 0. The highest BCUT2D eigenvalue weighted by atomic mass is 16.5. The minimum absolute atomic E-state index is 0.216. The first kappa shape index (κ1) is 42.7. The third-order valence-electron chi connectivity index (χ3n) is 9.82. The maximum atomic E-state index is 10.2. The molecule has 5 aromatic rings. The topological polar surface area (TPSA) is 87.5 Å². The zero-order valence-electron chi connectivity index (χ0n) is 34.1. The van der Waals surface area contributed by atoms with Crippen LogP contribution in [0.15, 0.2) is 97.2 Å². The molecule has 0 unspecified atom stereocenters. The summed E-state index contributed by atoms with van der Waals surface area (Å²) in [5.41, 5.74) is 8.66. The van der Waals surface area contributed by atoms with Crippen LogP contribution in [0.5, 0.6) is 28.7 Å². The van der Waals surface area contributed by atoms with Crippen molar-refractivity contribution in [3.8, 4) is 51.1 Å². The number of aryl methyl sites for hydroxylation is 1. The molecule has 0 spiro atoms. The van der Waals surface area contributed by atoms with Crippen LogP contribution in [-0.2, 0) is 26.1 Å². The molecule has 0 amide bonds. The van der Waals surface area contributed by atoms with Crippen molar-refractivity contribution >= 4 is 0 Å². The highest BCUT2D eigenvalue weighted by molar-refractivity contribution is 5.70. The second-order valence-corrected chi connectivity index (χ2v) is 13.3. The average molecular weight is 748 g/mol. The normalized spacial score (nSPS) is 13.0. The van der Waals surface area contributed by atoms with Crippen LogP contribution in [0.25, 0.3) is 22.4 Å². The van der Waals surface area contributed by atoms with E-state index >= 15 is 0 Å². The lowest BCUT2D eigenvalue weighted by Crippen LogP contribution is -2.44. The van der Waals surface area contributed by atoms with Crippen LogP contribution >= 0.6 is 0 Å². The summed E-state index contributed by atoms with van der Waals surface area (Å²) in [5.74, 6) is 1.31. The molecule has 0 saturated carbocycles. The van der Waals surface area contributed by atoms with E-state index in [0.29, 0.717) is 11.6 Å². The molecule has 1 fully saturated rings. The Balaban J connectivity index is 0.00000163. The van der Waals surface area contributed by atoms with Crippen LogP contribution in [-0.4, -0.2) is 65.5 Å². The van der Waals surface area contributed by atoms with Gasteiger partial charge < -0.3 is 24.4 Å². The van der Waals surface area contributed by atoms with Gasteiger partial charge in [-0.2, -0.15) is 0 Å². The van der Waals surface area contributed by atoms with Crippen LogP contribution < -0.4 is 14.2 Å². The summed E-state index contributed by atoms with van der Waals surface area (Å²) in [4.78, 5) is 9.69. The molecule has 0 radical (unpaired) electrons. The fourth-order valence-electron chi connectivity index (χ4n) is 7.21. The Morgan fingerprint density at radius 2 is 1.36 bits per heavy atom. The van der Waals surface area contributed by atoms with Crippen molar-refractivity contribution in [2.24, 2.45) is 0 Å². The van der Waals surface area contributed by atoms with Gasteiger partial charge in [-0.25, -0.2) is 0 Å². The molecular formula is C47H61N3O5. The van der Waals surface area contributed by atoms with Crippen molar-refractivity contribution in [3.63, 3.8) is 0 Å². The number of methoxy groups -OCH3 is 3. The number of benzene rings is 4. The van der Waals surface area contributed by atoms with Gasteiger partial charge in [0.05, 0.1) is 27.0 Å². The monoisotopic (exact) mass is 747 g/mol. The number of aromatic hydroxyl groups is 2. The fourth-order valence-corrected chi connectivity index (χ4v) is 7.21. The van der Waals surface area contributed by atoms with Crippen molar-refractivity contribution < 1.29 is 24.4 Å². The summed E-state index contributed by atoms with van der Waals surface area (Å²) in [6.07, 6.45) is 5.90. The van der Waals surface area contributed by atoms with Gasteiger partial charge in [-0.1, -0.05) is 89.6 Å². The van der Waals surface area contributed by atoms with Crippen molar-refractivity contribution in [2.45, 2.75) is 86.0 Å². The van der Waals surface area contributed by atoms with Gasteiger partial charge in [-0.05, 0) is 108 Å². The fraction of sp³-hybridized carbons (Fsp3) is 0.383. The standard InChI is InChI=1S/C43H49N3O5.2C2H6/c1-5-10-34-23-35(25-41(50-3)43(34)51-4)33-14-9-13-31(21-33)29-46(28-30-11-7-6-8-12-30)37-16-19-45(20-17-37)27-32-15-18-44-38(22-32)36-24-39(47)42(48)40(26-36)49-2;2*1-2/h6-9,11-15,18,21-26,37,47-48H,5,10,16-17,19-20,27-29H2,1-4H3;2*1-2H3. The van der Waals surface area contributed by atoms with Crippen molar-refractivity contribution in [1.29, 1.82) is 0 Å². The number of phenolic OH excluding ortho intramolecular Hbond substituents is 2. The number of aromatic nitrogens is 1. The summed E-state index contributed by atoms with van der Waals surface area (Å²) in [7, 11) is 4.88. The van der Waals surface area contributed by atoms with Gasteiger partial charge in [0.2, 0.25) is 5.75 Å². The second kappa shape index (κ2) is 21.7. The number of likely N-dealkylation sites (tertiary alicyclic amines) is 1. The molecule has 8 nitrogen and oxygen atoms in total. The Hall–Kier alpha value is -5.05. The van der Waals surface area contributed by atoms with E-state index in [-0.39, 0.29) is 17.2 Å². The third-order valence-corrected chi connectivity index (χ3v) is 9.82. The highest BCUT2D eigenvalue weighted by Gasteiger charge is 2.26. The molecule has 2 heterocycles. The van der Waals surface area contributed by atoms with E-state index in [1.165, 1.54) is 35.4 Å². The van der Waals surface area contributed by atoms with Crippen LogP contribution in [0.3, 0.4) is 0 Å². The van der Waals surface area contributed by atoms with Gasteiger partial charge in [0.1, 0.15) is 0 Å². The number of hydrogen-bond donors (Lipinski definition) is 2. The largest absolute Gasteiger partial charge is 0.504 e. The zero-order chi connectivity index (χ0) is 39.7. The number of pyridine rings is 1. The van der Waals surface area contributed by atoms with Crippen LogP contribution in [0.1, 0.15) is 76.1 Å². The van der Waals surface area contributed by atoms with E-state index in [0.717, 1.165) is 86.7 Å². The van der Waals surface area contributed by atoms with Crippen LogP contribution in [0, 0.1) is 0 Å². The molecule has 8 heteroatoms. The molecule has 1 saturated heterocycles. The summed E-state index contributed by atoms with van der Waals surface area (Å²) in [6, 6.07) is 31.8. The molecule has 1 aromatic heterocycles. The maximum Gasteiger partial charge on any atom is 0.200 e. The molecule has 4 aromatic carbocycles. The van der Waals surface area contributed by atoms with Crippen molar-refractivity contribution in [2.75, 3.05) is 34.4 Å². The summed E-state index contributed by atoms with van der Waals surface area (Å²) in [6.45, 7) is 14.7. The van der Waals surface area contributed by atoms with Crippen LogP contribution in [0.4, 0.5) is 0 Å². The van der Waals surface area contributed by atoms with Crippen molar-refractivity contribution in [1.82, 2.24) is 14.8 Å². The number of nitrogens with zero attached hydrogens (tertiary/aromatic N) is 3. The smallest absolute Gasteiger partial charge is 0.200 e. The predicted octanol–water partition coefficient (Wildman–Crippen LogP) is 10.5. The lowest BCUT2D eigenvalue weighted by molar-refractivity contribution is 0.0933. The maximum absolute atomic E-state index is 10.2. The Labute approximate surface area is 329 Å². The average Bonchev–Trinajstić information content (AvgIpc) is 3.23. The van der Waals surface area contributed by atoms with Gasteiger partial charge >= 0.3 is 0 Å². The third kappa shape index (κ3) is 11.2. The zero-order valence-corrected chi connectivity index (χ0v) is 34.1. The molecule has 6 rings (SSSR count). The molecule has 0 atom stereocenters. The lowest BCUT2D eigenvalue weighted by atomic mass is 9.97. The molecule has 2 N–H and O–H groups in total. The van der Waals surface area contributed by atoms with Gasteiger partial charge in [0.15, 0.2) is 23.0 Å². The molecule has 294 valence electrons. The van der Waals surface area contributed by atoms with E-state index < -0.39 is 0 Å². The van der Waals surface area contributed by atoms with E-state index in [1.807, 2.05) is 33.8 Å².